The highest BCUT2D eigenvalue weighted by Crippen LogP contribution is 2.28. The molecule has 7 heteroatoms. The van der Waals surface area contributed by atoms with Gasteiger partial charge in [-0.25, -0.2) is 9.18 Å². The lowest BCUT2D eigenvalue weighted by atomic mass is 10.2. The van der Waals surface area contributed by atoms with Gasteiger partial charge in [0.1, 0.15) is 5.82 Å². The summed E-state index contributed by atoms with van der Waals surface area (Å²) in [6.45, 7) is 3.69. The number of halogens is 1. The number of methoxy groups -OCH3 is 1. The van der Waals surface area contributed by atoms with Crippen LogP contribution in [0.5, 0.6) is 11.5 Å². The Morgan fingerprint density at radius 3 is 2.54 bits per heavy atom. The average Bonchev–Trinajstić information content (AvgIpc) is 2.64. The van der Waals surface area contributed by atoms with E-state index < -0.39 is 23.8 Å². The number of amides is 1. The van der Waals surface area contributed by atoms with Crippen molar-refractivity contribution in [1.82, 2.24) is 0 Å². The maximum atomic E-state index is 13.6. The van der Waals surface area contributed by atoms with Gasteiger partial charge in [0.2, 0.25) is 0 Å². The molecule has 0 bridgehead atoms. The molecule has 0 heterocycles. The van der Waals surface area contributed by atoms with Crippen LogP contribution in [0.1, 0.15) is 24.2 Å². The molecule has 0 aliphatic rings. The van der Waals surface area contributed by atoms with Crippen LogP contribution in [0.3, 0.4) is 0 Å². The number of hydrogen-bond acceptors (Lipinski definition) is 5. The van der Waals surface area contributed by atoms with Gasteiger partial charge in [0.25, 0.3) is 5.91 Å². The molecule has 0 spiro atoms. The van der Waals surface area contributed by atoms with Gasteiger partial charge in [-0.1, -0.05) is 12.1 Å². The Morgan fingerprint density at radius 2 is 1.88 bits per heavy atom. The van der Waals surface area contributed by atoms with Crippen molar-refractivity contribution < 1.29 is 28.2 Å². The van der Waals surface area contributed by atoms with E-state index in [1.807, 2.05) is 6.92 Å². The number of carbonyl (C=O) groups excluding carboxylic acids is 2. The first kappa shape index (κ1) is 19.2. The number of carbonyl (C=O) groups is 2. The van der Waals surface area contributed by atoms with E-state index in [1.54, 1.807) is 12.1 Å². The van der Waals surface area contributed by atoms with E-state index in [0.717, 1.165) is 0 Å². The number of esters is 1. The van der Waals surface area contributed by atoms with Crippen LogP contribution in [-0.4, -0.2) is 31.7 Å². The second-order valence-electron chi connectivity index (χ2n) is 5.32. The first-order valence-electron chi connectivity index (χ1n) is 8.03. The lowest BCUT2D eigenvalue weighted by Gasteiger charge is -2.15. The first-order valence-corrected chi connectivity index (χ1v) is 8.03. The Kier molecular flexibility index (Phi) is 6.54. The van der Waals surface area contributed by atoms with Crippen molar-refractivity contribution in [3.63, 3.8) is 0 Å². The molecule has 2 aromatic rings. The number of ether oxygens (including phenoxy) is 3. The summed E-state index contributed by atoms with van der Waals surface area (Å²) in [6, 6.07) is 10.3. The van der Waals surface area contributed by atoms with Gasteiger partial charge < -0.3 is 19.5 Å². The predicted octanol–water partition coefficient (Wildman–Crippen LogP) is 3.42. The van der Waals surface area contributed by atoms with Crippen molar-refractivity contribution in [1.29, 1.82) is 0 Å². The van der Waals surface area contributed by atoms with Crippen LogP contribution >= 0.6 is 0 Å². The third kappa shape index (κ3) is 4.72. The maximum Gasteiger partial charge on any atom is 0.339 e. The Hall–Kier alpha value is -3.09. The van der Waals surface area contributed by atoms with E-state index >= 15 is 0 Å². The zero-order chi connectivity index (χ0) is 19.1. The van der Waals surface area contributed by atoms with Crippen molar-refractivity contribution in [2.24, 2.45) is 0 Å². The maximum absolute atomic E-state index is 13.6. The highest BCUT2D eigenvalue weighted by atomic mass is 19.1. The van der Waals surface area contributed by atoms with Gasteiger partial charge in [-0.2, -0.15) is 0 Å². The molecular formula is C19H20FNO5. The van der Waals surface area contributed by atoms with Crippen LogP contribution < -0.4 is 14.8 Å². The van der Waals surface area contributed by atoms with Crippen LogP contribution in [0.4, 0.5) is 10.1 Å². The lowest BCUT2D eigenvalue weighted by molar-refractivity contribution is -0.123. The molecular weight excluding hydrogens is 341 g/mol. The first-order chi connectivity index (χ1) is 12.5. The van der Waals surface area contributed by atoms with Gasteiger partial charge >= 0.3 is 5.97 Å². The summed E-state index contributed by atoms with van der Waals surface area (Å²) in [6.07, 6.45) is -1.11. The number of hydrogen-bond donors (Lipinski definition) is 1. The van der Waals surface area contributed by atoms with Crippen LogP contribution in [0.2, 0.25) is 0 Å². The van der Waals surface area contributed by atoms with E-state index in [2.05, 4.69) is 5.32 Å². The van der Waals surface area contributed by atoms with Gasteiger partial charge in [0.05, 0.1) is 25.0 Å². The summed E-state index contributed by atoms with van der Waals surface area (Å²) < 4.78 is 29.3. The van der Waals surface area contributed by atoms with E-state index in [9.17, 15) is 14.0 Å². The molecule has 0 fully saturated rings. The van der Waals surface area contributed by atoms with Crippen LogP contribution in [0.15, 0.2) is 42.5 Å². The van der Waals surface area contributed by atoms with Gasteiger partial charge in [0, 0.05) is 0 Å². The molecule has 138 valence electrons. The van der Waals surface area contributed by atoms with Gasteiger partial charge in [-0.15, -0.1) is 0 Å². The minimum atomic E-state index is -1.11. The van der Waals surface area contributed by atoms with Gasteiger partial charge in [0.15, 0.2) is 17.6 Å². The predicted molar refractivity (Wildman–Crippen MR) is 94.1 cm³/mol. The minimum Gasteiger partial charge on any atom is -0.493 e. The second-order valence-corrected chi connectivity index (χ2v) is 5.32. The molecule has 0 saturated heterocycles. The summed E-state index contributed by atoms with van der Waals surface area (Å²) in [4.78, 5) is 24.3. The highest BCUT2D eigenvalue weighted by molar-refractivity contribution is 5.97. The molecule has 0 saturated carbocycles. The summed E-state index contributed by atoms with van der Waals surface area (Å²) in [5.41, 5.74) is 0.221. The third-order valence-electron chi connectivity index (χ3n) is 3.48. The molecule has 1 atom stereocenters. The van der Waals surface area contributed by atoms with Crippen molar-refractivity contribution in [3.8, 4) is 11.5 Å². The van der Waals surface area contributed by atoms with Crippen LogP contribution in [-0.2, 0) is 9.53 Å². The topological polar surface area (TPSA) is 73.9 Å². The Balaban J connectivity index is 2.04. The van der Waals surface area contributed by atoms with Crippen LogP contribution in [0.25, 0.3) is 0 Å². The number of nitrogens with one attached hydrogen (secondary N) is 1. The van der Waals surface area contributed by atoms with Crippen molar-refractivity contribution in [3.05, 3.63) is 53.8 Å². The Bertz CT molecular complexity index is 793. The monoisotopic (exact) mass is 361 g/mol. The largest absolute Gasteiger partial charge is 0.493 e. The fourth-order valence-electron chi connectivity index (χ4n) is 2.15. The number of rotatable bonds is 7. The average molecular weight is 361 g/mol. The molecule has 0 aliphatic carbocycles. The Morgan fingerprint density at radius 1 is 1.15 bits per heavy atom. The zero-order valence-electron chi connectivity index (χ0n) is 14.7. The molecule has 0 unspecified atom stereocenters. The van der Waals surface area contributed by atoms with Crippen LogP contribution in [0, 0.1) is 5.82 Å². The van der Waals surface area contributed by atoms with E-state index in [0.29, 0.717) is 18.1 Å². The summed E-state index contributed by atoms with van der Waals surface area (Å²) in [5, 5.41) is 2.38. The fraction of sp³-hybridized carbons (Fsp3) is 0.263. The zero-order valence-corrected chi connectivity index (χ0v) is 14.7. The smallest absolute Gasteiger partial charge is 0.339 e. The molecule has 0 aliphatic heterocycles. The third-order valence-corrected chi connectivity index (χ3v) is 3.48. The standard InChI is InChI=1S/C19H20FNO5/c1-4-25-16-10-9-13(11-17(16)24-3)19(23)26-12(2)18(22)21-15-8-6-5-7-14(15)20/h5-12H,4H2,1-3H3,(H,21,22)/t12-/m1/s1. The van der Waals surface area contributed by atoms with Crippen molar-refractivity contribution >= 4 is 17.6 Å². The van der Waals surface area contributed by atoms with E-state index in [-0.39, 0.29) is 11.3 Å². The highest BCUT2D eigenvalue weighted by Gasteiger charge is 2.21. The van der Waals surface area contributed by atoms with E-state index in [4.69, 9.17) is 14.2 Å². The summed E-state index contributed by atoms with van der Waals surface area (Å²) in [5.74, 6) is -1.04. The molecule has 0 aromatic heterocycles. The molecule has 2 rings (SSSR count). The van der Waals surface area contributed by atoms with Gasteiger partial charge in [-0.05, 0) is 44.2 Å². The molecule has 26 heavy (non-hydrogen) atoms. The van der Waals surface area contributed by atoms with Gasteiger partial charge in [-0.3, -0.25) is 4.79 Å². The normalized spacial score (nSPS) is 11.4. The number of anilines is 1. The SMILES string of the molecule is CCOc1ccc(C(=O)O[C@H](C)C(=O)Nc2ccccc2F)cc1OC. The molecule has 1 N–H and O–H groups in total. The quantitative estimate of drug-likeness (QED) is 0.765. The molecule has 6 nitrogen and oxygen atoms in total. The van der Waals surface area contributed by atoms with E-state index in [1.165, 1.54) is 44.4 Å². The molecule has 0 radical (unpaired) electrons. The number of benzene rings is 2. The number of para-hydroxylation sites is 1. The fourth-order valence-corrected chi connectivity index (χ4v) is 2.15. The molecule has 1 amide bonds. The molecule has 2 aromatic carbocycles. The lowest BCUT2D eigenvalue weighted by Crippen LogP contribution is -2.30. The van der Waals surface area contributed by atoms with Crippen molar-refractivity contribution in [2.45, 2.75) is 20.0 Å². The van der Waals surface area contributed by atoms with Crippen molar-refractivity contribution in [2.75, 3.05) is 19.0 Å². The summed E-state index contributed by atoms with van der Waals surface area (Å²) >= 11 is 0. The second kappa shape index (κ2) is 8.84. The minimum absolute atomic E-state index is 0.0168. The Labute approximate surface area is 150 Å². The summed E-state index contributed by atoms with van der Waals surface area (Å²) in [7, 11) is 1.46.